The van der Waals surface area contributed by atoms with Crippen LogP contribution in [0.15, 0.2) is 125 Å². The Morgan fingerprint density at radius 3 is 1.20 bits per heavy atom. The van der Waals surface area contributed by atoms with Crippen LogP contribution in [0, 0.1) is 0 Å². The molecule has 316 valence electrons. The van der Waals surface area contributed by atoms with E-state index in [0.717, 1.165) is 61.8 Å². The molecule has 5 aromatic carbocycles. The van der Waals surface area contributed by atoms with E-state index < -0.39 is 11.9 Å². The summed E-state index contributed by atoms with van der Waals surface area (Å²) >= 11 is 0. The lowest BCUT2D eigenvalue weighted by molar-refractivity contribution is 0.0724. The third-order valence-electron chi connectivity index (χ3n) is 9.85. The number of hydrogen-bond acceptors (Lipinski definition) is 9. The van der Waals surface area contributed by atoms with Crippen molar-refractivity contribution in [2.75, 3.05) is 19.8 Å². The number of unbranched alkanes of at least 4 members (excludes halogenated alkanes) is 10. The maximum Gasteiger partial charge on any atom is 0.343 e. The van der Waals surface area contributed by atoms with E-state index in [4.69, 9.17) is 23.7 Å². The number of rotatable bonds is 26. The zero-order valence-corrected chi connectivity index (χ0v) is 35.5. The largest absolute Gasteiger partial charge is 0.494 e. The highest BCUT2D eigenvalue weighted by molar-refractivity contribution is 5.92. The minimum absolute atomic E-state index is 0.367. The molecule has 9 nitrogen and oxygen atoms in total. The Hall–Kier alpha value is -5.96. The van der Waals surface area contributed by atoms with Crippen molar-refractivity contribution < 1.29 is 33.3 Å². The third kappa shape index (κ3) is 15.7. The monoisotopic (exact) mass is 812 g/mol. The second-order valence-corrected chi connectivity index (χ2v) is 14.8. The lowest BCUT2D eigenvalue weighted by atomic mass is 10.1. The summed E-state index contributed by atoms with van der Waals surface area (Å²) in [6.45, 7) is 8.44. The number of hydrogen-bond donors (Lipinski definition) is 0. The number of benzene rings is 5. The summed E-state index contributed by atoms with van der Waals surface area (Å²) in [4.78, 5) is 26.2. The quantitative estimate of drug-likeness (QED) is 0.0237. The smallest absolute Gasteiger partial charge is 0.343 e. The van der Waals surface area contributed by atoms with Crippen molar-refractivity contribution in [1.29, 1.82) is 0 Å². The van der Waals surface area contributed by atoms with Gasteiger partial charge in [-0.25, -0.2) is 9.59 Å². The Morgan fingerprint density at radius 1 is 0.383 bits per heavy atom. The zero-order chi connectivity index (χ0) is 42.2. The molecule has 0 aliphatic carbocycles. The molecule has 0 radical (unpaired) electrons. The normalized spacial score (nSPS) is 11.1. The van der Waals surface area contributed by atoms with E-state index in [1.54, 1.807) is 60.7 Å². The highest BCUT2D eigenvalue weighted by Crippen LogP contribution is 2.28. The van der Waals surface area contributed by atoms with Gasteiger partial charge in [-0.15, -0.1) is 0 Å². The number of carbonyl (C=O) groups is 2. The second-order valence-electron chi connectivity index (χ2n) is 14.8. The SMILES string of the molecule is CCCCCCCOc1ccc(N=Nc2ccc(C(=O)Oc3ccc(-c4ccc(OC(=O)c5cc(OCCCCCC)cc(OCCCCCC)c5)cc4)cc3)cc2)cc1. The van der Waals surface area contributed by atoms with Crippen LogP contribution >= 0.6 is 0 Å². The standard InChI is InChI=1S/C51H60N2O7/c1-4-7-10-13-16-33-56-45-31-25-44(26-32-45)53-52-43-23-17-41(18-24-43)50(54)59-46-27-19-39(20-28-46)40-21-29-47(30-22-40)60-51(55)42-36-48(57-34-14-11-8-5-2)38-49(37-42)58-35-15-12-9-6-3/h17-32,36-38H,4-16,33-35H2,1-3H3. The van der Waals surface area contributed by atoms with Gasteiger partial charge < -0.3 is 23.7 Å². The number of ether oxygens (including phenoxy) is 5. The zero-order valence-electron chi connectivity index (χ0n) is 35.5. The molecule has 5 aromatic rings. The highest BCUT2D eigenvalue weighted by Gasteiger charge is 2.14. The predicted octanol–water partition coefficient (Wildman–Crippen LogP) is 14.5. The summed E-state index contributed by atoms with van der Waals surface area (Å²) < 4.78 is 29.3. The van der Waals surface area contributed by atoms with Gasteiger partial charge in [-0.05, 0) is 115 Å². The average Bonchev–Trinajstić information content (AvgIpc) is 3.28. The first-order valence-corrected chi connectivity index (χ1v) is 21.7. The van der Waals surface area contributed by atoms with Gasteiger partial charge in [0.05, 0.1) is 42.3 Å². The van der Waals surface area contributed by atoms with Gasteiger partial charge in [0.2, 0.25) is 0 Å². The van der Waals surface area contributed by atoms with Gasteiger partial charge in [-0.1, -0.05) is 109 Å². The number of esters is 2. The summed E-state index contributed by atoms with van der Waals surface area (Å²) in [6, 6.07) is 34.1. The van der Waals surface area contributed by atoms with Gasteiger partial charge in [-0.3, -0.25) is 0 Å². The summed E-state index contributed by atoms with van der Waals surface area (Å²) in [6.07, 6.45) is 14.8. The van der Waals surface area contributed by atoms with Crippen molar-refractivity contribution in [2.24, 2.45) is 10.2 Å². The van der Waals surface area contributed by atoms with E-state index in [0.29, 0.717) is 65.3 Å². The summed E-state index contributed by atoms with van der Waals surface area (Å²) in [5.74, 6) is 1.87. The van der Waals surface area contributed by atoms with Crippen molar-refractivity contribution >= 4 is 23.3 Å². The van der Waals surface area contributed by atoms with Gasteiger partial charge in [-0.2, -0.15) is 10.2 Å². The van der Waals surface area contributed by atoms with E-state index in [2.05, 4.69) is 31.0 Å². The molecule has 0 atom stereocenters. The van der Waals surface area contributed by atoms with Crippen LogP contribution in [-0.4, -0.2) is 31.8 Å². The van der Waals surface area contributed by atoms with Crippen LogP contribution in [0.5, 0.6) is 28.7 Å². The van der Waals surface area contributed by atoms with Gasteiger partial charge in [0.25, 0.3) is 0 Å². The molecule has 0 fully saturated rings. The average molecular weight is 813 g/mol. The van der Waals surface area contributed by atoms with Crippen molar-refractivity contribution in [3.63, 3.8) is 0 Å². The number of carbonyl (C=O) groups excluding carboxylic acids is 2. The van der Waals surface area contributed by atoms with Crippen molar-refractivity contribution in [2.45, 2.75) is 104 Å². The molecule has 0 saturated heterocycles. The molecule has 0 N–H and O–H groups in total. The molecule has 0 spiro atoms. The van der Waals surface area contributed by atoms with Crippen LogP contribution in [0.25, 0.3) is 11.1 Å². The topological polar surface area (TPSA) is 105 Å². The van der Waals surface area contributed by atoms with E-state index in [-0.39, 0.29) is 0 Å². The Bertz CT molecular complexity index is 2010. The highest BCUT2D eigenvalue weighted by atomic mass is 16.5. The predicted molar refractivity (Wildman–Crippen MR) is 239 cm³/mol. The van der Waals surface area contributed by atoms with E-state index in [1.165, 1.54) is 38.5 Å². The molecule has 0 heterocycles. The molecule has 0 aliphatic rings. The molecule has 9 heteroatoms. The van der Waals surface area contributed by atoms with E-state index in [9.17, 15) is 9.59 Å². The van der Waals surface area contributed by atoms with Gasteiger partial charge in [0.15, 0.2) is 0 Å². The van der Waals surface area contributed by atoms with Crippen LogP contribution in [-0.2, 0) is 0 Å². The number of azo groups is 1. The molecule has 0 bridgehead atoms. The minimum atomic E-state index is -0.490. The van der Waals surface area contributed by atoms with Crippen LogP contribution in [0.1, 0.15) is 125 Å². The molecule has 0 unspecified atom stereocenters. The van der Waals surface area contributed by atoms with Crippen molar-refractivity contribution in [1.82, 2.24) is 0 Å². The summed E-state index contributed by atoms with van der Waals surface area (Å²) in [5.41, 5.74) is 3.90. The van der Waals surface area contributed by atoms with Crippen LogP contribution in [0.3, 0.4) is 0 Å². The molecule has 0 aliphatic heterocycles. The number of nitrogens with zero attached hydrogens (tertiary/aromatic N) is 2. The molecule has 0 saturated carbocycles. The molecule has 0 aromatic heterocycles. The fourth-order valence-corrected chi connectivity index (χ4v) is 6.34. The summed E-state index contributed by atoms with van der Waals surface area (Å²) in [5, 5.41) is 8.61. The molecular weight excluding hydrogens is 753 g/mol. The minimum Gasteiger partial charge on any atom is -0.494 e. The van der Waals surface area contributed by atoms with Gasteiger partial charge >= 0.3 is 11.9 Å². The van der Waals surface area contributed by atoms with Crippen molar-refractivity contribution in [3.05, 3.63) is 126 Å². The van der Waals surface area contributed by atoms with Crippen molar-refractivity contribution in [3.8, 4) is 39.9 Å². The van der Waals surface area contributed by atoms with Crippen LogP contribution in [0.2, 0.25) is 0 Å². The van der Waals surface area contributed by atoms with E-state index >= 15 is 0 Å². The molecule has 60 heavy (non-hydrogen) atoms. The van der Waals surface area contributed by atoms with Crippen LogP contribution < -0.4 is 23.7 Å². The Morgan fingerprint density at radius 2 is 0.750 bits per heavy atom. The Balaban J connectivity index is 1.10. The lowest BCUT2D eigenvalue weighted by Gasteiger charge is -2.13. The fraction of sp³-hybridized carbons (Fsp3) is 0.373. The Kier molecular flexibility index (Phi) is 19.2. The van der Waals surface area contributed by atoms with Gasteiger partial charge in [0, 0.05) is 6.07 Å². The van der Waals surface area contributed by atoms with Crippen LogP contribution in [0.4, 0.5) is 11.4 Å². The second kappa shape index (κ2) is 25.5. The maximum absolute atomic E-state index is 13.3. The lowest BCUT2D eigenvalue weighted by Crippen LogP contribution is -2.10. The Labute approximate surface area is 356 Å². The third-order valence-corrected chi connectivity index (χ3v) is 9.85. The maximum atomic E-state index is 13.3. The van der Waals surface area contributed by atoms with Gasteiger partial charge in [0.1, 0.15) is 28.7 Å². The first-order chi connectivity index (χ1) is 29.4. The molecular formula is C51H60N2O7. The molecule has 5 rings (SSSR count). The molecule has 0 amide bonds. The first-order valence-electron chi connectivity index (χ1n) is 21.7. The first kappa shape index (κ1) is 45.1. The fourth-order valence-electron chi connectivity index (χ4n) is 6.34. The van der Waals surface area contributed by atoms with E-state index in [1.807, 2.05) is 54.6 Å². The summed E-state index contributed by atoms with van der Waals surface area (Å²) in [7, 11) is 0.